The zero-order valence-corrected chi connectivity index (χ0v) is 18.5. The van der Waals surface area contributed by atoms with Crippen molar-refractivity contribution in [1.82, 2.24) is 4.72 Å². The minimum Gasteiger partial charge on any atom is -0.493 e. The van der Waals surface area contributed by atoms with Crippen LogP contribution in [0.3, 0.4) is 0 Å². The molecule has 0 aliphatic carbocycles. The van der Waals surface area contributed by atoms with Crippen LogP contribution in [-0.2, 0) is 14.8 Å². The number of para-hydroxylation sites is 2. The molecule has 0 radical (unpaired) electrons. The number of sulfonamides is 1. The highest BCUT2D eigenvalue weighted by Gasteiger charge is 2.14. The number of carbonyl (C=O) groups excluding carboxylic acids is 1. The van der Waals surface area contributed by atoms with Crippen LogP contribution in [0.2, 0.25) is 0 Å². The van der Waals surface area contributed by atoms with Gasteiger partial charge in [0.2, 0.25) is 10.0 Å². The van der Waals surface area contributed by atoms with Crippen LogP contribution in [0.5, 0.6) is 17.2 Å². The van der Waals surface area contributed by atoms with Gasteiger partial charge in [-0.25, -0.2) is 13.1 Å². The lowest BCUT2D eigenvalue weighted by molar-refractivity contribution is 0.102. The van der Waals surface area contributed by atoms with E-state index < -0.39 is 10.0 Å². The number of ether oxygens (including phenoxy) is 3. The van der Waals surface area contributed by atoms with E-state index in [1.807, 2.05) is 12.1 Å². The van der Waals surface area contributed by atoms with Crippen molar-refractivity contribution in [2.75, 3.05) is 32.7 Å². The third kappa shape index (κ3) is 6.07. The fourth-order valence-electron chi connectivity index (χ4n) is 2.79. The quantitative estimate of drug-likeness (QED) is 0.451. The van der Waals surface area contributed by atoms with E-state index in [-0.39, 0.29) is 24.0 Å². The van der Waals surface area contributed by atoms with Crippen LogP contribution in [0.4, 0.5) is 5.69 Å². The van der Waals surface area contributed by atoms with Crippen molar-refractivity contribution >= 4 is 21.6 Å². The number of amides is 1. The normalized spacial score (nSPS) is 11.1. The van der Waals surface area contributed by atoms with Crippen LogP contribution >= 0.6 is 0 Å². The van der Waals surface area contributed by atoms with Gasteiger partial charge in [-0.1, -0.05) is 12.1 Å². The maximum Gasteiger partial charge on any atom is 0.255 e. The summed E-state index contributed by atoms with van der Waals surface area (Å²) in [5.74, 6) is 1.42. The van der Waals surface area contributed by atoms with Crippen LogP contribution in [0.15, 0.2) is 77.7 Å². The summed E-state index contributed by atoms with van der Waals surface area (Å²) in [4.78, 5) is 12.6. The Hall–Kier alpha value is -3.40. The van der Waals surface area contributed by atoms with Gasteiger partial charge in [-0.2, -0.15) is 0 Å². The number of nitrogens with one attached hydrogen (secondary N) is 2. The first kappa shape index (κ1) is 23.3. The first-order valence-electron chi connectivity index (χ1n) is 9.74. The van der Waals surface area contributed by atoms with Crippen molar-refractivity contribution in [1.29, 1.82) is 0 Å². The molecule has 0 fully saturated rings. The lowest BCUT2D eigenvalue weighted by Crippen LogP contribution is -2.27. The summed E-state index contributed by atoms with van der Waals surface area (Å²) in [6.07, 6.45) is 0. The molecule has 32 heavy (non-hydrogen) atoms. The number of carbonyl (C=O) groups is 1. The van der Waals surface area contributed by atoms with Gasteiger partial charge in [-0.05, 0) is 60.7 Å². The molecule has 168 valence electrons. The third-order valence-electron chi connectivity index (χ3n) is 4.43. The number of benzene rings is 3. The Morgan fingerprint density at radius 1 is 0.875 bits per heavy atom. The van der Waals surface area contributed by atoms with Crippen LogP contribution in [0, 0.1) is 0 Å². The number of hydrogen-bond acceptors (Lipinski definition) is 6. The second kappa shape index (κ2) is 10.8. The Bertz CT molecular complexity index is 1150. The molecule has 0 unspecified atom stereocenters. The van der Waals surface area contributed by atoms with Gasteiger partial charge >= 0.3 is 0 Å². The van der Waals surface area contributed by atoms with Gasteiger partial charge in [-0.15, -0.1) is 0 Å². The van der Waals surface area contributed by atoms with E-state index in [0.29, 0.717) is 28.5 Å². The molecule has 0 aliphatic rings. The maximum absolute atomic E-state index is 12.5. The van der Waals surface area contributed by atoms with Crippen molar-refractivity contribution in [2.45, 2.75) is 4.90 Å². The van der Waals surface area contributed by atoms with Gasteiger partial charge in [0.25, 0.3) is 5.91 Å². The Balaban J connectivity index is 1.62. The summed E-state index contributed by atoms with van der Waals surface area (Å²) >= 11 is 0. The summed E-state index contributed by atoms with van der Waals surface area (Å²) in [6, 6.07) is 19.8. The summed E-state index contributed by atoms with van der Waals surface area (Å²) in [5.41, 5.74) is 0.899. The fourth-order valence-corrected chi connectivity index (χ4v) is 3.80. The molecule has 3 aromatic rings. The van der Waals surface area contributed by atoms with E-state index in [1.165, 1.54) is 31.4 Å². The minimum absolute atomic E-state index is 0.0722. The van der Waals surface area contributed by atoms with Gasteiger partial charge in [0.1, 0.15) is 5.75 Å². The number of anilines is 1. The lowest BCUT2D eigenvalue weighted by atomic mass is 10.2. The van der Waals surface area contributed by atoms with Crippen LogP contribution in [0.1, 0.15) is 10.4 Å². The van der Waals surface area contributed by atoms with E-state index in [9.17, 15) is 13.2 Å². The highest BCUT2D eigenvalue weighted by molar-refractivity contribution is 7.89. The van der Waals surface area contributed by atoms with Crippen molar-refractivity contribution in [3.8, 4) is 17.2 Å². The zero-order valence-electron chi connectivity index (χ0n) is 17.7. The highest BCUT2D eigenvalue weighted by atomic mass is 32.2. The van der Waals surface area contributed by atoms with Crippen molar-refractivity contribution in [3.63, 3.8) is 0 Å². The molecule has 2 N–H and O–H groups in total. The van der Waals surface area contributed by atoms with E-state index in [0.717, 1.165) is 0 Å². The fraction of sp³-hybridized carbons (Fsp3) is 0.174. The molecule has 0 saturated heterocycles. The molecule has 3 rings (SSSR count). The zero-order chi connectivity index (χ0) is 23.0. The molecule has 0 heterocycles. The average molecular weight is 457 g/mol. The van der Waals surface area contributed by atoms with Crippen LogP contribution in [-0.4, -0.2) is 41.7 Å². The van der Waals surface area contributed by atoms with E-state index >= 15 is 0 Å². The monoisotopic (exact) mass is 456 g/mol. The lowest BCUT2D eigenvalue weighted by Gasteiger charge is -2.11. The molecular weight excluding hydrogens is 432 g/mol. The van der Waals surface area contributed by atoms with Gasteiger partial charge in [0.05, 0.1) is 18.6 Å². The number of methoxy groups -OCH3 is 2. The van der Waals surface area contributed by atoms with E-state index in [1.54, 1.807) is 43.5 Å². The Labute approximate surface area is 187 Å². The van der Waals surface area contributed by atoms with Gasteiger partial charge in [0, 0.05) is 24.9 Å². The maximum atomic E-state index is 12.5. The summed E-state index contributed by atoms with van der Waals surface area (Å²) in [5, 5.41) is 2.77. The van der Waals surface area contributed by atoms with Gasteiger partial charge < -0.3 is 19.5 Å². The third-order valence-corrected chi connectivity index (χ3v) is 5.91. The molecule has 1 amide bonds. The Morgan fingerprint density at radius 3 is 2.16 bits per heavy atom. The first-order valence-corrected chi connectivity index (χ1v) is 11.2. The van der Waals surface area contributed by atoms with Crippen LogP contribution < -0.4 is 19.5 Å². The van der Waals surface area contributed by atoms with Gasteiger partial charge in [0.15, 0.2) is 11.5 Å². The smallest absolute Gasteiger partial charge is 0.255 e. The molecule has 8 nitrogen and oxygen atoms in total. The minimum atomic E-state index is -3.65. The van der Waals surface area contributed by atoms with Crippen molar-refractivity contribution < 1.29 is 27.4 Å². The van der Waals surface area contributed by atoms with Crippen LogP contribution in [0.25, 0.3) is 0 Å². The largest absolute Gasteiger partial charge is 0.493 e. The standard InChI is InChI=1S/C23H24N2O6S/c1-29-16-15-24-32(27,28)20-13-7-17(8-14-20)23(26)25-18-9-11-19(12-10-18)31-22-6-4-3-5-21(22)30-2/h3-14,24H,15-16H2,1-2H3,(H,25,26). The average Bonchev–Trinajstić information content (AvgIpc) is 2.81. The molecule has 0 aliphatic heterocycles. The number of rotatable bonds is 10. The summed E-state index contributed by atoms with van der Waals surface area (Å²) < 4.78 is 42.7. The second-order valence-corrected chi connectivity index (χ2v) is 8.41. The SMILES string of the molecule is COCCNS(=O)(=O)c1ccc(C(=O)Nc2ccc(Oc3ccccc3OC)cc2)cc1. The molecule has 0 spiro atoms. The molecule has 3 aromatic carbocycles. The topological polar surface area (TPSA) is 103 Å². The number of hydrogen-bond donors (Lipinski definition) is 2. The van der Waals surface area contributed by atoms with Crippen molar-refractivity contribution in [3.05, 3.63) is 78.4 Å². The van der Waals surface area contributed by atoms with E-state index in [2.05, 4.69) is 10.0 Å². The van der Waals surface area contributed by atoms with Gasteiger partial charge in [-0.3, -0.25) is 4.79 Å². The second-order valence-electron chi connectivity index (χ2n) is 6.65. The predicted molar refractivity (Wildman–Crippen MR) is 121 cm³/mol. The highest BCUT2D eigenvalue weighted by Crippen LogP contribution is 2.31. The Morgan fingerprint density at radius 2 is 1.53 bits per heavy atom. The molecular formula is C23H24N2O6S. The Kier molecular flexibility index (Phi) is 7.82. The summed E-state index contributed by atoms with van der Waals surface area (Å²) in [6.45, 7) is 0.431. The molecule has 0 bridgehead atoms. The van der Waals surface area contributed by atoms with E-state index in [4.69, 9.17) is 14.2 Å². The van der Waals surface area contributed by atoms with Crippen molar-refractivity contribution in [2.24, 2.45) is 0 Å². The first-order chi connectivity index (χ1) is 15.4. The predicted octanol–water partition coefficient (Wildman–Crippen LogP) is 3.66. The molecule has 0 saturated carbocycles. The molecule has 9 heteroatoms. The summed E-state index contributed by atoms with van der Waals surface area (Å²) in [7, 11) is -0.595. The molecule has 0 aromatic heterocycles. The molecule has 0 atom stereocenters.